The lowest BCUT2D eigenvalue weighted by molar-refractivity contribution is -0.117. The molecule has 0 N–H and O–H groups in total. The van der Waals surface area contributed by atoms with Gasteiger partial charge in [-0.3, -0.25) is 0 Å². The van der Waals surface area contributed by atoms with Gasteiger partial charge in [0.25, 0.3) is 0 Å². The van der Waals surface area contributed by atoms with Crippen molar-refractivity contribution in [3.8, 4) is 0 Å². The number of ether oxygens (including phenoxy) is 1. The predicted octanol–water partition coefficient (Wildman–Crippen LogP) is 2.17. The number of ketones is 1. The molecule has 1 saturated heterocycles. The van der Waals surface area contributed by atoms with Crippen molar-refractivity contribution in [1.82, 2.24) is 0 Å². The molecule has 1 heterocycles. The summed E-state index contributed by atoms with van der Waals surface area (Å²) in [5, 5.41) is 0. The molecule has 1 aliphatic heterocycles. The number of carbonyl (C=O) groups excluding carboxylic acids is 1. The second kappa shape index (κ2) is 4.04. The monoisotopic (exact) mass is 170 g/mol. The minimum Gasteiger partial charge on any atom is -0.369 e. The number of epoxide rings is 1. The highest BCUT2D eigenvalue weighted by molar-refractivity contribution is 5.75. The van der Waals surface area contributed by atoms with E-state index in [4.69, 9.17) is 4.74 Å². The number of carbonyl (C=O) groups is 1. The third kappa shape index (κ3) is 2.94. The van der Waals surface area contributed by atoms with Gasteiger partial charge in [-0.05, 0) is 25.7 Å². The van der Waals surface area contributed by atoms with Crippen molar-refractivity contribution in [2.75, 3.05) is 0 Å². The summed E-state index contributed by atoms with van der Waals surface area (Å²) in [5.41, 5.74) is 0. The Bertz CT molecular complexity index is 163. The molecule has 0 amide bonds. The van der Waals surface area contributed by atoms with E-state index >= 15 is 0 Å². The molecule has 0 saturated carbocycles. The molecule has 2 unspecified atom stereocenters. The van der Waals surface area contributed by atoms with Gasteiger partial charge in [-0.1, -0.05) is 13.8 Å². The maximum atomic E-state index is 10.6. The lowest BCUT2D eigenvalue weighted by atomic mass is 10.0. The summed E-state index contributed by atoms with van der Waals surface area (Å²) in [6.07, 6.45) is 3.68. The topological polar surface area (TPSA) is 29.6 Å². The van der Waals surface area contributed by atoms with Crippen molar-refractivity contribution in [2.45, 2.75) is 52.2 Å². The molecular weight excluding hydrogens is 152 g/mol. The Labute approximate surface area is 74.3 Å². The molecule has 0 aromatic rings. The van der Waals surface area contributed by atoms with Crippen LogP contribution in [0.1, 0.15) is 40.0 Å². The Morgan fingerprint density at radius 3 is 2.58 bits per heavy atom. The molecule has 70 valence electrons. The van der Waals surface area contributed by atoms with E-state index in [2.05, 4.69) is 13.8 Å². The Morgan fingerprint density at radius 1 is 1.50 bits per heavy atom. The largest absolute Gasteiger partial charge is 0.369 e. The Balaban J connectivity index is 2.01. The van der Waals surface area contributed by atoms with Crippen LogP contribution >= 0.6 is 0 Å². The summed E-state index contributed by atoms with van der Waals surface area (Å²) < 4.78 is 5.45. The quantitative estimate of drug-likeness (QED) is 0.592. The highest BCUT2D eigenvalue weighted by atomic mass is 16.6. The first-order valence-electron chi connectivity index (χ1n) is 4.76. The fourth-order valence-corrected chi connectivity index (χ4v) is 1.53. The van der Waals surface area contributed by atoms with Gasteiger partial charge in [0, 0.05) is 6.42 Å². The molecule has 2 atom stereocenters. The molecule has 12 heavy (non-hydrogen) atoms. The van der Waals surface area contributed by atoms with Gasteiger partial charge < -0.3 is 9.53 Å². The summed E-state index contributed by atoms with van der Waals surface area (Å²) in [4.78, 5) is 10.6. The van der Waals surface area contributed by atoms with Gasteiger partial charge in [0.15, 0.2) is 0 Å². The van der Waals surface area contributed by atoms with Crippen LogP contribution < -0.4 is 0 Å². The van der Waals surface area contributed by atoms with E-state index in [1.807, 2.05) is 0 Å². The van der Waals surface area contributed by atoms with Crippen LogP contribution in [0.4, 0.5) is 0 Å². The minimum atomic E-state index is 0.289. The molecular formula is C10H18O2. The van der Waals surface area contributed by atoms with Crippen molar-refractivity contribution in [3.63, 3.8) is 0 Å². The third-order valence-electron chi connectivity index (χ3n) is 2.30. The van der Waals surface area contributed by atoms with Gasteiger partial charge in [0.2, 0.25) is 0 Å². The van der Waals surface area contributed by atoms with Gasteiger partial charge in [0.1, 0.15) is 5.78 Å². The van der Waals surface area contributed by atoms with Crippen LogP contribution in [0.15, 0.2) is 0 Å². The van der Waals surface area contributed by atoms with Gasteiger partial charge in [-0.2, -0.15) is 0 Å². The molecule has 0 radical (unpaired) electrons. The molecule has 0 aromatic heterocycles. The van der Waals surface area contributed by atoms with Crippen LogP contribution in [0.5, 0.6) is 0 Å². The average molecular weight is 170 g/mol. The maximum absolute atomic E-state index is 10.6. The smallest absolute Gasteiger partial charge is 0.129 e. The summed E-state index contributed by atoms with van der Waals surface area (Å²) >= 11 is 0. The summed E-state index contributed by atoms with van der Waals surface area (Å²) in [6, 6.07) is 0. The molecule has 0 aliphatic carbocycles. The number of rotatable bonds is 5. The van der Waals surface area contributed by atoms with Gasteiger partial charge in [0.05, 0.1) is 12.2 Å². The van der Waals surface area contributed by atoms with E-state index < -0.39 is 0 Å². The van der Waals surface area contributed by atoms with E-state index in [1.165, 1.54) is 0 Å². The Kier molecular flexibility index (Phi) is 3.27. The molecule has 0 bridgehead atoms. The predicted molar refractivity (Wildman–Crippen MR) is 48.0 cm³/mol. The zero-order chi connectivity index (χ0) is 9.14. The normalized spacial score (nSPS) is 27.7. The van der Waals surface area contributed by atoms with Crippen molar-refractivity contribution < 1.29 is 9.53 Å². The van der Waals surface area contributed by atoms with Gasteiger partial charge in [-0.25, -0.2) is 0 Å². The molecule has 2 nitrogen and oxygen atoms in total. The summed E-state index contributed by atoms with van der Waals surface area (Å²) in [6.45, 7) is 6.00. The summed E-state index contributed by atoms with van der Waals surface area (Å²) in [7, 11) is 0. The average Bonchev–Trinajstić information content (AvgIpc) is 2.66. The van der Waals surface area contributed by atoms with Crippen LogP contribution in [-0.2, 0) is 9.53 Å². The Hall–Kier alpha value is -0.370. The SMILES string of the molecule is CC(=O)CCCC1OC1C(C)C. The Morgan fingerprint density at radius 2 is 2.17 bits per heavy atom. The van der Waals surface area contributed by atoms with E-state index in [1.54, 1.807) is 6.92 Å². The summed E-state index contributed by atoms with van der Waals surface area (Å²) in [5.74, 6) is 0.920. The molecule has 1 fully saturated rings. The lowest BCUT2D eigenvalue weighted by Gasteiger charge is -1.97. The van der Waals surface area contributed by atoms with Crippen molar-refractivity contribution in [2.24, 2.45) is 5.92 Å². The zero-order valence-corrected chi connectivity index (χ0v) is 8.17. The van der Waals surface area contributed by atoms with Crippen LogP contribution in [0, 0.1) is 5.92 Å². The first-order chi connectivity index (χ1) is 5.61. The first kappa shape index (κ1) is 9.72. The molecule has 1 aliphatic rings. The molecule has 0 spiro atoms. The number of Topliss-reactive ketones (excluding diaryl/α,β-unsaturated/α-hetero) is 1. The third-order valence-corrected chi connectivity index (χ3v) is 2.30. The van der Waals surface area contributed by atoms with Crippen LogP contribution in [-0.4, -0.2) is 18.0 Å². The maximum Gasteiger partial charge on any atom is 0.129 e. The van der Waals surface area contributed by atoms with Crippen LogP contribution in [0.2, 0.25) is 0 Å². The van der Waals surface area contributed by atoms with E-state index in [9.17, 15) is 4.79 Å². The van der Waals surface area contributed by atoms with Crippen molar-refractivity contribution in [1.29, 1.82) is 0 Å². The van der Waals surface area contributed by atoms with Crippen molar-refractivity contribution >= 4 is 5.78 Å². The fourth-order valence-electron chi connectivity index (χ4n) is 1.53. The van der Waals surface area contributed by atoms with E-state index in [-0.39, 0.29) is 5.78 Å². The standard InChI is InChI=1S/C10H18O2/c1-7(2)10-9(12-10)6-4-5-8(3)11/h7,9-10H,4-6H2,1-3H3. The van der Waals surface area contributed by atoms with Gasteiger partial charge in [-0.15, -0.1) is 0 Å². The van der Waals surface area contributed by atoms with Gasteiger partial charge >= 0.3 is 0 Å². The van der Waals surface area contributed by atoms with E-state index in [0.29, 0.717) is 24.5 Å². The van der Waals surface area contributed by atoms with Crippen LogP contribution in [0.25, 0.3) is 0 Å². The van der Waals surface area contributed by atoms with Crippen molar-refractivity contribution in [3.05, 3.63) is 0 Å². The lowest BCUT2D eigenvalue weighted by Crippen LogP contribution is -2.02. The minimum absolute atomic E-state index is 0.289. The second-order valence-electron chi connectivity index (χ2n) is 3.98. The first-order valence-corrected chi connectivity index (χ1v) is 4.76. The molecule has 2 heteroatoms. The zero-order valence-electron chi connectivity index (χ0n) is 8.17. The highest BCUT2D eigenvalue weighted by Crippen LogP contribution is 2.32. The fraction of sp³-hybridized carbons (Fsp3) is 0.900. The molecule has 1 rings (SSSR count). The van der Waals surface area contributed by atoms with Crippen LogP contribution in [0.3, 0.4) is 0 Å². The second-order valence-corrected chi connectivity index (χ2v) is 3.98. The number of hydrogen-bond acceptors (Lipinski definition) is 2. The number of hydrogen-bond donors (Lipinski definition) is 0. The van der Waals surface area contributed by atoms with E-state index in [0.717, 1.165) is 12.8 Å². The molecule has 0 aromatic carbocycles. The highest BCUT2D eigenvalue weighted by Gasteiger charge is 2.39.